The van der Waals surface area contributed by atoms with Gasteiger partial charge in [-0.1, -0.05) is 0 Å². The van der Waals surface area contributed by atoms with E-state index >= 15 is 0 Å². The first-order valence-electron chi connectivity index (χ1n) is 3.09. The number of phenolic OH excluding ortho intramolecular Hbond substituents is 1. The summed E-state index contributed by atoms with van der Waals surface area (Å²) in [4.78, 5) is 10.1. The quantitative estimate of drug-likeness (QED) is 0.691. The van der Waals surface area contributed by atoms with Crippen molar-refractivity contribution in [1.29, 1.82) is 0 Å². The second-order valence-corrected chi connectivity index (χ2v) is 2.07. The number of benzene rings is 1. The molecule has 0 atom stereocenters. The third-order valence-corrected chi connectivity index (χ3v) is 1.33. The molecule has 4 nitrogen and oxygen atoms in total. The van der Waals surface area contributed by atoms with Gasteiger partial charge in [0.1, 0.15) is 5.82 Å². The summed E-state index contributed by atoms with van der Waals surface area (Å²) < 4.78 is 17.2. The van der Waals surface area contributed by atoms with Crippen LogP contribution >= 0.6 is 0 Å². The molecule has 0 spiro atoms. The summed E-state index contributed by atoms with van der Waals surface area (Å²) in [5.41, 5.74) is -0.293. The van der Waals surface area contributed by atoms with Crippen molar-refractivity contribution in [2.24, 2.45) is 5.18 Å². The molecule has 1 N–H and O–H groups in total. The van der Waals surface area contributed by atoms with Gasteiger partial charge in [0.15, 0.2) is 17.2 Å². The maximum Gasteiger partial charge on any atom is 0.191 e. The molecule has 0 aliphatic heterocycles. The van der Waals surface area contributed by atoms with Gasteiger partial charge in [-0.05, 0) is 5.18 Å². The zero-order valence-electron chi connectivity index (χ0n) is 6.24. The lowest BCUT2D eigenvalue weighted by Crippen LogP contribution is -1.85. The van der Waals surface area contributed by atoms with Gasteiger partial charge in [0.25, 0.3) is 0 Å². The largest absolute Gasteiger partial charge is 0.505 e. The zero-order valence-corrected chi connectivity index (χ0v) is 6.24. The number of nitrogens with zero attached hydrogens (tertiary/aromatic N) is 1. The Morgan fingerprint density at radius 3 is 2.75 bits per heavy atom. The summed E-state index contributed by atoms with van der Waals surface area (Å²) in [7, 11) is 1.25. The molecule has 0 heterocycles. The molecule has 5 heteroatoms. The van der Waals surface area contributed by atoms with E-state index in [1.807, 2.05) is 0 Å². The normalized spacial score (nSPS) is 9.50. The number of hydrogen-bond donors (Lipinski definition) is 1. The molecule has 0 aromatic heterocycles. The van der Waals surface area contributed by atoms with E-state index in [-0.39, 0.29) is 11.4 Å². The van der Waals surface area contributed by atoms with Crippen LogP contribution in [-0.4, -0.2) is 12.2 Å². The third kappa shape index (κ3) is 1.34. The molecule has 0 radical (unpaired) electrons. The van der Waals surface area contributed by atoms with Gasteiger partial charge in [-0.25, -0.2) is 4.39 Å². The van der Waals surface area contributed by atoms with Crippen LogP contribution in [0.4, 0.5) is 10.1 Å². The lowest BCUT2D eigenvalue weighted by molar-refractivity contribution is 0.404. The molecule has 0 unspecified atom stereocenters. The molecule has 0 saturated heterocycles. The first-order valence-corrected chi connectivity index (χ1v) is 3.09. The highest BCUT2D eigenvalue weighted by Gasteiger charge is 2.11. The lowest BCUT2D eigenvalue weighted by atomic mass is 10.2. The van der Waals surface area contributed by atoms with Gasteiger partial charge >= 0.3 is 0 Å². The fourth-order valence-corrected chi connectivity index (χ4v) is 0.808. The fourth-order valence-electron chi connectivity index (χ4n) is 0.808. The summed E-state index contributed by atoms with van der Waals surface area (Å²) in [5, 5.41) is 11.5. The van der Waals surface area contributed by atoms with Crippen LogP contribution in [0.15, 0.2) is 17.3 Å². The maximum atomic E-state index is 12.5. The summed E-state index contributed by atoms with van der Waals surface area (Å²) in [6.45, 7) is 0. The Kier molecular flexibility index (Phi) is 2.23. The van der Waals surface area contributed by atoms with E-state index < -0.39 is 11.6 Å². The van der Waals surface area contributed by atoms with Crippen LogP contribution in [0.25, 0.3) is 0 Å². The molecule has 64 valence electrons. The molecule has 1 aromatic carbocycles. The average Bonchev–Trinajstić information content (AvgIpc) is 2.03. The summed E-state index contributed by atoms with van der Waals surface area (Å²) in [6, 6.07) is 1.76. The summed E-state index contributed by atoms with van der Waals surface area (Å²) >= 11 is 0. The van der Waals surface area contributed by atoms with Crippen LogP contribution in [-0.2, 0) is 0 Å². The first kappa shape index (κ1) is 8.45. The Bertz CT molecular complexity index is 314. The molecule has 0 aliphatic carbocycles. The second kappa shape index (κ2) is 3.17. The van der Waals surface area contributed by atoms with Gasteiger partial charge in [-0.2, -0.15) is 0 Å². The number of nitroso groups, excluding NO2 is 1. The van der Waals surface area contributed by atoms with Crippen molar-refractivity contribution < 1.29 is 14.2 Å². The number of ether oxygens (including phenoxy) is 1. The van der Waals surface area contributed by atoms with Crippen molar-refractivity contribution in [3.05, 3.63) is 22.9 Å². The van der Waals surface area contributed by atoms with Crippen molar-refractivity contribution >= 4 is 5.69 Å². The van der Waals surface area contributed by atoms with Crippen molar-refractivity contribution in [2.75, 3.05) is 7.11 Å². The van der Waals surface area contributed by atoms with E-state index in [2.05, 4.69) is 9.91 Å². The first-order chi connectivity index (χ1) is 5.69. The van der Waals surface area contributed by atoms with Crippen LogP contribution in [0.1, 0.15) is 0 Å². The topological polar surface area (TPSA) is 58.9 Å². The van der Waals surface area contributed by atoms with Gasteiger partial charge in [-0.3, -0.25) is 0 Å². The summed E-state index contributed by atoms with van der Waals surface area (Å²) in [5.74, 6) is -1.29. The van der Waals surface area contributed by atoms with Crippen LogP contribution in [0.5, 0.6) is 11.5 Å². The highest BCUT2D eigenvalue weighted by Crippen LogP contribution is 2.36. The molecular weight excluding hydrogens is 165 g/mol. The number of phenols is 1. The van der Waals surface area contributed by atoms with Crippen LogP contribution in [0, 0.1) is 10.7 Å². The third-order valence-electron chi connectivity index (χ3n) is 1.33. The molecule has 1 rings (SSSR count). The highest BCUT2D eigenvalue weighted by atomic mass is 19.1. The molecule has 12 heavy (non-hydrogen) atoms. The van der Waals surface area contributed by atoms with Crippen molar-refractivity contribution in [3.63, 3.8) is 0 Å². The van der Waals surface area contributed by atoms with Crippen LogP contribution in [0.2, 0.25) is 0 Å². The molecule has 0 fully saturated rings. The Morgan fingerprint density at radius 2 is 2.25 bits per heavy atom. The number of halogens is 1. The van der Waals surface area contributed by atoms with Crippen molar-refractivity contribution in [2.45, 2.75) is 0 Å². The van der Waals surface area contributed by atoms with Crippen LogP contribution < -0.4 is 4.74 Å². The van der Waals surface area contributed by atoms with E-state index in [9.17, 15) is 9.30 Å². The predicted octanol–water partition coefficient (Wildman–Crippen LogP) is 1.94. The average molecular weight is 171 g/mol. The van der Waals surface area contributed by atoms with Gasteiger partial charge in [0.05, 0.1) is 7.11 Å². The minimum atomic E-state index is -0.684. The number of methoxy groups -OCH3 is 1. The Hall–Kier alpha value is -1.65. The lowest BCUT2D eigenvalue weighted by Gasteiger charge is -2.03. The smallest absolute Gasteiger partial charge is 0.191 e. The number of hydrogen-bond acceptors (Lipinski definition) is 4. The predicted molar refractivity (Wildman–Crippen MR) is 40.1 cm³/mol. The SMILES string of the molecule is COc1cc(F)cc(O)c1N=O. The van der Waals surface area contributed by atoms with Gasteiger partial charge in [0.2, 0.25) is 0 Å². The van der Waals surface area contributed by atoms with Gasteiger partial charge < -0.3 is 9.84 Å². The fraction of sp³-hybridized carbons (Fsp3) is 0.143. The van der Waals surface area contributed by atoms with E-state index in [1.54, 1.807) is 0 Å². The Balaban J connectivity index is 3.33. The van der Waals surface area contributed by atoms with E-state index in [0.717, 1.165) is 12.1 Å². The molecule has 0 aliphatic rings. The molecular formula is C7H6FNO3. The zero-order chi connectivity index (χ0) is 9.14. The molecule has 1 aromatic rings. The van der Waals surface area contributed by atoms with Gasteiger partial charge in [-0.15, -0.1) is 4.91 Å². The molecule has 0 bridgehead atoms. The number of rotatable bonds is 2. The summed E-state index contributed by atoms with van der Waals surface area (Å²) in [6.07, 6.45) is 0. The van der Waals surface area contributed by atoms with Crippen molar-refractivity contribution in [1.82, 2.24) is 0 Å². The molecule has 0 saturated carbocycles. The van der Waals surface area contributed by atoms with E-state index in [4.69, 9.17) is 5.11 Å². The van der Waals surface area contributed by atoms with Crippen LogP contribution in [0.3, 0.4) is 0 Å². The molecule has 0 amide bonds. The second-order valence-electron chi connectivity index (χ2n) is 2.07. The Morgan fingerprint density at radius 1 is 1.58 bits per heavy atom. The van der Waals surface area contributed by atoms with Gasteiger partial charge in [0, 0.05) is 12.1 Å². The highest BCUT2D eigenvalue weighted by molar-refractivity contribution is 5.61. The van der Waals surface area contributed by atoms with E-state index in [1.165, 1.54) is 7.11 Å². The monoisotopic (exact) mass is 171 g/mol. The van der Waals surface area contributed by atoms with E-state index in [0.29, 0.717) is 0 Å². The Labute approximate surface area is 67.6 Å². The standard InChI is InChI=1S/C7H6FNO3/c1-12-6-3-4(8)2-5(10)7(6)9-11/h2-3,10H,1H3. The van der Waals surface area contributed by atoms with Crippen molar-refractivity contribution in [3.8, 4) is 11.5 Å². The minimum Gasteiger partial charge on any atom is -0.505 e. The maximum absolute atomic E-state index is 12.5. The minimum absolute atomic E-state index is 0.0810. The number of aromatic hydroxyl groups is 1.